The largest absolute Gasteiger partial charge is 0.465 e. The molecule has 1 aromatic carbocycles. The Morgan fingerprint density at radius 3 is 2.12 bits per heavy atom. The van der Waals surface area contributed by atoms with Crippen LogP contribution in [0.2, 0.25) is 0 Å². The molecule has 0 aromatic heterocycles. The number of ether oxygens (including phenoxy) is 2. The minimum atomic E-state index is -0.691. The van der Waals surface area contributed by atoms with E-state index >= 15 is 0 Å². The fourth-order valence-electron chi connectivity index (χ4n) is 1.20. The van der Waals surface area contributed by atoms with Crippen LogP contribution in [-0.2, 0) is 9.47 Å². The molecule has 0 heterocycles. The van der Waals surface area contributed by atoms with Gasteiger partial charge in [-0.05, 0) is 12.1 Å². The Bertz CT molecular complexity index is 436. The first-order valence-electron chi connectivity index (χ1n) is 4.40. The fraction of sp³-hybridized carbons (Fsp3) is 0.182. The summed E-state index contributed by atoms with van der Waals surface area (Å²) >= 11 is 0. The standard InChI is InChI=1S/C11H10O5/c1-15-10(13)8-4-3-7(6-12)5-9(8)11(14)16-2/h3-6H,1-2H3. The van der Waals surface area contributed by atoms with Crippen molar-refractivity contribution in [3.05, 3.63) is 34.9 Å². The second kappa shape index (κ2) is 5.06. The molecule has 0 bridgehead atoms. The van der Waals surface area contributed by atoms with E-state index in [1.807, 2.05) is 0 Å². The van der Waals surface area contributed by atoms with E-state index in [4.69, 9.17) is 0 Å². The molecule has 0 unspecified atom stereocenters. The van der Waals surface area contributed by atoms with Crippen LogP contribution in [0.15, 0.2) is 18.2 Å². The Kier molecular flexibility index (Phi) is 3.77. The Balaban J connectivity index is 3.32. The molecular formula is C11H10O5. The van der Waals surface area contributed by atoms with Gasteiger partial charge in [-0.3, -0.25) is 4.79 Å². The number of hydrogen-bond acceptors (Lipinski definition) is 5. The average molecular weight is 222 g/mol. The minimum Gasteiger partial charge on any atom is -0.465 e. The van der Waals surface area contributed by atoms with Crippen molar-refractivity contribution in [3.63, 3.8) is 0 Å². The zero-order chi connectivity index (χ0) is 12.1. The molecule has 5 heteroatoms. The molecule has 1 aromatic rings. The number of methoxy groups -OCH3 is 2. The van der Waals surface area contributed by atoms with Crippen LogP contribution in [0.5, 0.6) is 0 Å². The van der Waals surface area contributed by atoms with Gasteiger partial charge in [0, 0.05) is 5.56 Å². The SMILES string of the molecule is COC(=O)c1ccc(C=O)cc1C(=O)OC. The van der Waals surface area contributed by atoms with E-state index in [-0.39, 0.29) is 16.7 Å². The lowest BCUT2D eigenvalue weighted by atomic mass is 10.0. The normalized spacial score (nSPS) is 9.38. The number of esters is 2. The molecule has 0 saturated heterocycles. The van der Waals surface area contributed by atoms with E-state index in [1.54, 1.807) is 0 Å². The van der Waals surface area contributed by atoms with E-state index in [2.05, 4.69) is 9.47 Å². The van der Waals surface area contributed by atoms with E-state index in [0.717, 1.165) is 0 Å². The third-order valence-corrected chi connectivity index (χ3v) is 1.99. The van der Waals surface area contributed by atoms with Crippen molar-refractivity contribution in [3.8, 4) is 0 Å². The Hall–Kier alpha value is -2.17. The number of carbonyl (C=O) groups is 3. The van der Waals surface area contributed by atoms with E-state index < -0.39 is 11.9 Å². The van der Waals surface area contributed by atoms with Crippen LogP contribution in [0.25, 0.3) is 0 Å². The highest BCUT2D eigenvalue weighted by atomic mass is 16.5. The average Bonchev–Trinajstić information content (AvgIpc) is 2.36. The maximum Gasteiger partial charge on any atom is 0.338 e. The summed E-state index contributed by atoms with van der Waals surface area (Å²) in [5.41, 5.74) is 0.368. The number of hydrogen-bond donors (Lipinski definition) is 0. The number of rotatable bonds is 3. The molecular weight excluding hydrogens is 212 g/mol. The lowest BCUT2D eigenvalue weighted by Gasteiger charge is -2.06. The van der Waals surface area contributed by atoms with E-state index in [0.29, 0.717) is 6.29 Å². The van der Waals surface area contributed by atoms with E-state index in [1.165, 1.54) is 32.4 Å². The Labute approximate surface area is 92.0 Å². The summed E-state index contributed by atoms with van der Waals surface area (Å²) in [7, 11) is 2.40. The van der Waals surface area contributed by atoms with Crippen LogP contribution in [0.1, 0.15) is 31.1 Å². The summed E-state index contributed by atoms with van der Waals surface area (Å²) < 4.78 is 9.02. The molecule has 0 spiro atoms. The quantitative estimate of drug-likeness (QED) is 0.565. The van der Waals surface area contributed by atoms with Crippen molar-refractivity contribution < 1.29 is 23.9 Å². The van der Waals surface area contributed by atoms with Crippen LogP contribution in [0.3, 0.4) is 0 Å². The minimum absolute atomic E-state index is 0.0129. The van der Waals surface area contributed by atoms with Gasteiger partial charge < -0.3 is 9.47 Å². The second-order valence-electron chi connectivity index (χ2n) is 2.91. The smallest absolute Gasteiger partial charge is 0.338 e. The molecule has 16 heavy (non-hydrogen) atoms. The number of benzene rings is 1. The molecule has 0 aliphatic heterocycles. The van der Waals surface area contributed by atoms with E-state index in [9.17, 15) is 14.4 Å². The van der Waals surface area contributed by atoms with Crippen molar-refractivity contribution in [1.82, 2.24) is 0 Å². The fourth-order valence-corrected chi connectivity index (χ4v) is 1.20. The van der Waals surface area contributed by atoms with Crippen molar-refractivity contribution in [2.24, 2.45) is 0 Å². The second-order valence-corrected chi connectivity index (χ2v) is 2.91. The highest BCUT2D eigenvalue weighted by Crippen LogP contribution is 2.13. The molecule has 0 aliphatic carbocycles. The van der Waals surface area contributed by atoms with Gasteiger partial charge in [0.15, 0.2) is 0 Å². The van der Waals surface area contributed by atoms with Crippen LogP contribution in [0.4, 0.5) is 0 Å². The van der Waals surface area contributed by atoms with Gasteiger partial charge in [-0.25, -0.2) is 9.59 Å². The lowest BCUT2D eigenvalue weighted by Crippen LogP contribution is -2.12. The van der Waals surface area contributed by atoms with Crippen molar-refractivity contribution >= 4 is 18.2 Å². The topological polar surface area (TPSA) is 69.7 Å². The highest BCUT2D eigenvalue weighted by molar-refractivity contribution is 6.04. The first kappa shape index (κ1) is 11.9. The van der Waals surface area contributed by atoms with Gasteiger partial charge >= 0.3 is 11.9 Å². The van der Waals surface area contributed by atoms with Crippen molar-refractivity contribution in [1.29, 1.82) is 0 Å². The lowest BCUT2D eigenvalue weighted by molar-refractivity contribution is 0.0555. The molecule has 84 valence electrons. The van der Waals surface area contributed by atoms with Crippen molar-refractivity contribution in [2.45, 2.75) is 0 Å². The van der Waals surface area contributed by atoms with Gasteiger partial charge in [-0.1, -0.05) is 6.07 Å². The van der Waals surface area contributed by atoms with Crippen LogP contribution in [-0.4, -0.2) is 32.4 Å². The summed E-state index contributed by atoms with van der Waals surface area (Å²) in [5, 5.41) is 0. The maximum absolute atomic E-state index is 11.4. The maximum atomic E-state index is 11.4. The Morgan fingerprint density at radius 1 is 1.06 bits per heavy atom. The molecule has 0 radical (unpaired) electrons. The molecule has 5 nitrogen and oxygen atoms in total. The summed E-state index contributed by atoms with van der Waals surface area (Å²) in [6.07, 6.45) is 0.577. The molecule has 1 rings (SSSR count). The summed E-state index contributed by atoms with van der Waals surface area (Å²) in [6, 6.07) is 4.05. The van der Waals surface area contributed by atoms with Gasteiger partial charge in [-0.15, -0.1) is 0 Å². The first-order chi connectivity index (χ1) is 7.63. The zero-order valence-corrected chi connectivity index (χ0v) is 8.85. The summed E-state index contributed by atoms with van der Waals surface area (Å²) in [6.45, 7) is 0. The van der Waals surface area contributed by atoms with Crippen LogP contribution in [0, 0.1) is 0 Å². The summed E-state index contributed by atoms with van der Waals surface area (Å²) in [4.78, 5) is 33.3. The van der Waals surface area contributed by atoms with Gasteiger partial charge in [0.1, 0.15) is 6.29 Å². The van der Waals surface area contributed by atoms with Crippen LogP contribution >= 0.6 is 0 Å². The molecule has 0 N–H and O–H groups in total. The monoisotopic (exact) mass is 222 g/mol. The number of aldehydes is 1. The third kappa shape index (κ3) is 2.25. The van der Waals surface area contributed by atoms with Gasteiger partial charge in [0.2, 0.25) is 0 Å². The molecule has 0 saturated carbocycles. The zero-order valence-electron chi connectivity index (χ0n) is 8.85. The predicted molar refractivity (Wildman–Crippen MR) is 54.5 cm³/mol. The van der Waals surface area contributed by atoms with Crippen molar-refractivity contribution in [2.75, 3.05) is 14.2 Å². The Morgan fingerprint density at radius 2 is 1.62 bits per heavy atom. The van der Waals surface area contributed by atoms with Crippen LogP contribution < -0.4 is 0 Å². The molecule has 0 atom stereocenters. The third-order valence-electron chi connectivity index (χ3n) is 1.99. The first-order valence-corrected chi connectivity index (χ1v) is 4.40. The van der Waals surface area contributed by atoms with Gasteiger partial charge in [0.05, 0.1) is 25.3 Å². The highest BCUT2D eigenvalue weighted by Gasteiger charge is 2.18. The number of carbonyl (C=O) groups excluding carboxylic acids is 3. The molecule has 0 aliphatic rings. The molecule has 0 fully saturated rings. The van der Waals surface area contributed by atoms with Gasteiger partial charge in [0.25, 0.3) is 0 Å². The summed E-state index contributed by atoms with van der Waals surface area (Å²) in [5.74, 6) is -1.35. The van der Waals surface area contributed by atoms with Gasteiger partial charge in [-0.2, -0.15) is 0 Å². The molecule has 0 amide bonds. The predicted octanol–water partition coefficient (Wildman–Crippen LogP) is 1.07.